The molecule has 0 aliphatic heterocycles. The Labute approximate surface area is 179 Å². The number of halogens is 4. The maximum Gasteiger partial charge on any atom is 0.249 e. The highest BCUT2D eigenvalue weighted by atomic mass is 35.5. The van der Waals surface area contributed by atoms with E-state index in [2.05, 4.69) is 15.3 Å². The summed E-state index contributed by atoms with van der Waals surface area (Å²) in [6.07, 6.45) is 2.25. The van der Waals surface area contributed by atoms with Crippen LogP contribution < -0.4 is 16.0 Å². The molecule has 1 aromatic carbocycles. The van der Waals surface area contributed by atoms with E-state index in [1.807, 2.05) is 32.0 Å². The molecule has 1 saturated carbocycles. The third kappa shape index (κ3) is 4.95. The summed E-state index contributed by atoms with van der Waals surface area (Å²) in [5.41, 5.74) is 5.67. The summed E-state index contributed by atoms with van der Waals surface area (Å²) >= 11 is 0. The van der Waals surface area contributed by atoms with Gasteiger partial charge in [-0.1, -0.05) is 0 Å². The number of anilines is 2. The molecule has 1 aliphatic carbocycles. The van der Waals surface area contributed by atoms with E-state index < -0.39 is 29.3 Å². The molecule has 3 rings (SSSR count). The first-order chi connectivity index (χ1) is 13.7. The Morgan fingerprint density at radius 3 is 2.30 bits per heavy atom. The summed E-state index contributed by atoms with van der Waals surface area (Å²) in [6.45, 7) is 1.88. The van der Waals surface area contributed by atoms with Gasteiger partial charge in [0.1, 0.15) is 5.82 Å². The summed E-state index contributed by atoms with van der Waals surface area (Å²) in [5.74, 6) is -4.41. The quantitative estimate of drug-likeness (QED) is 0.684. The second-order valence-corrected chi connectivity index (χ2v) is 7.59. The van der Waals surface area contributed by atoms with Crippen LogP contribution in [0.5, 0.6) is 0 Å². The van der Waals surface area contributed by atoms with Crippen LogP contribution in [0.15, 0.2) is 12.1 Å². The number of carbonyl (C=O) groups is 1. The molecule has 1 fully saturated rings. The normalized spacial score (nSPS) is 18.5. The predicted molar refractivity (Wildman–Crippen MR) is 112 cm³/mol. The van der Waals surface area contributed by atoms with Crippen LogP contribution in [0.25, 0.3) is 0 Å². The van der Waals surface area contributed by atoms with E-state index in [9.17, 15) is 18.0 Å². The average Bonchev–Trinajstić information content (AvgIpc) is 2.66. The van der Waals surface area contributed by atoms with Gasteiger partial charge < -0.3 is 16.0 Å². The van der Waals surface area contributed by atoms with Gasteiger partial charge in [-0.15, -0.1) is 12.4 Å². The number of aryl methyl sites for hydroxylation is 1. The van der Waals surface area contributed by atoms with Crippen molar-refractivity contribution in [1.82, 2.24) is 9.97 Å². The molecule has 3 N–H and O–H groups in total. The van der Waals surface area contributed by atoms with Crippen LogP contribution in [0.2, 0.25) is 0 Å². The minimum absolute atomic E-state index is 0. The van der Waals surface area contributed by atoms with Crippen molar-refractivity contribution in [3.63, 3.8) is 0 Å². The minimum atomic E-state index is -1.57. The Kier molecular flexibility index (Phi) is 7.52. The van der Waals surface area contributed by atoms with E-state index in [1.165, 1.54) is 0 Å². The fourth-order valence-corrected chi connectivity index (χ4v) is 3.77. The number of nitrogens with one attached hydrogen (secondary N) is 1. The van der Waals surface area contributed by atoms with Gasteiger partial charge in [0.25, 0.3) is 0 Å². The lowest BCUT2D eigenvalue weighted by molar-refractivity contribution is 0.0997. The van der Waals surface area contributed by atoms with Crippen LogP contribution in [0, 0.1) is 24.4 Å². The van der Waals surface area contributed by atoms with E-state index in [0.29, 0.717) is 37.7 Å². The fraction of sp³-hybridized carbons (Fsp3) is 0.450. The number of hydrogen-bond acceptors (Lipinski definition) is 5. The largest absolute Gasteiger partial charge is 0.366 e. The van der Waals surface area contributed by atoms with Crippen molar-refractivity contribution >= 4 is 30.1 Å². The van der Waals surface area contributed by atoms with Gasteiger partial charge in [-0.2, -0.15) is 4.98 Å². The molecule has 10 heteroatoms. The minimum Gasteiger partial charge on any atom is -0.366 e. The number of amides is 1. The van der Waals surface area contributed by atoms with Crippen molar-refractivity contribution in [2.75, 3.05) is 24.3 Å². The van der Waals surface area contributed by atoms with Crippen molar-refractivity contribution in [3.05, 3.63) is 46.4 Å². The monoisotopic (exact) mass is 443 g/mol. The molecule has 0 radical (unpaired) electrons. The fourth-order valence-electron chi connectivity index (χ4n) is 3.77. The summed E-state index contributed by atoms with van der Waals surface area (Å²) in [7, 11) is 3.78. The SMILES string of the molecule is Cc1cc(N(C)C)nc(N[C@H]2CC[C@@H](c3c(C(N)=O)cc(F)c(F)c3F)CC2)n1.Cl. The van der Waals surface area contributed by atoms with Gasteiger partial charge in [0, 0.05) is 43.0 Å². The van der Waals surface area contributed by atoms with E-state index >= 15 is 0 Å². The van der Waals surface area contributed by atoms with Gasteiger partial charge >= 0.3 is 0 Å². The predicted octanol–water partition coefficient (Wildman–Crippen LogP) is 3.93. The zero-order valence-electron chi connectivity index (χ0n) is 17.0. The van der Waals surface area contributed by atoms with Crippen LogP contribution in [-0.2, 0) is 0 Å². The van der Waals surface area contributed by atoms with Crippen molar-refractivity contribution in [3.8, 4) is 0 Å². The molecule has 0 saturated heterocycles. The number of aromatic nitrogens is 2. The van der Waals surface area contributed by atoms with Gasteiger partial charge in [0.2, 0.25) is 11.9 Å². The topological polar surface area (TPSA) is 84.1 Å². The highest BCUT2D eigenvalue weighted by Gasteiger charge is 2.31. The van der Waals surface area contributed by atoms with Crippen LogP contribution in [0.3, 0.4) is 0 Å². The summed E-state index contributed by atoms with van der Waals surface area (Å²) in [6, 6.07) is 2.61. The Balaban J connectivity index is 0.00000320. The molecule has 6 nitrogen and oxygen atoms in total. The van der Waals surface area contributed by atoms with Crippen molar-refractivity contribution < 1.29 is 18.0 Å². The lowest BCUT2D eigenvalue weighted by Gasteiger charge is -2.30. The molecule has 2 aromatic rings. The molecule has 1 heterocycles. The Bertz CT molecular complexity index is 933. The molecule has 1 amide bonds. The maximum absolute atomic E-state index is 14.4. The molecule has 1 aliphatic rings. The van der Waals surface area contributed by atoms with Gasteiger partial charge in [-0.25, -0.2) is 18.2 Å². The number of benzene rings is 1. The maximum atomic E-state index is 14.4. The number of carbonyl (C=O) groups excluding carboxylic acids is 1. The molecule has 1 aromatic heterocycles. The molecule has 0 bridgehead atoms. The lowest BCUT2D eigenvalue weighted by atomic mass is 9.79. The summed E-state index contributed by atoms with van der Waals surface area (Å²) < 4.78 is 41.7. The molecular formula is C20H25ClF3N5O. The molecule has 0 spiro atoms. The van der Waals surface area contributed by atoms with E-state index in [0.717, 1.165) is 11.5 Å². The van der Waals surface area contributed by atoms with Crippen LogP contribution in [-0.4, -0.2) is 36.0 Å². The van der Waals surface area contributed by atoms with Crippen molar-refractivity contribution in [1.29, 1.82) is 0 Å². The highest BCUT2D eigenvalue weighted by Crippen LogP contribution is 2.38. The standard InChI is InChI=1S/C20H24F3N5O.ClH/c1-10-8-15(28(2)3)27-20(25-10)26-12-6-4-11(5-7-12)16-13(19(24)29)9-14(21)17(22)18(16)23;/h8-9,11-12H,4-7H2,1-3H3,(H2,24,29)(H,25,26,27);1H/t11-,12+;. The summed E-state index contributed by atoms with van der Waals surface area (Å²) in [4.78, 5) is 22.4. The van der Waals surface area contributed by atoms with Crippen LogP contribution in [0.1, 0.15) is 53.2 Å². The number of primary amides is 1. The lowest BCUT2D eigenvalue weighted by Crippen LogP contribution is -2.28. The average molecular weight is 444 g/mol. The van der Waals surface area contributed by atoms with E-state index in [4.69, 9.17) is 5.73 Å². The van der Waals surface area contributed by atoms with E-state index in [-0.39, 0.29) is 29.6 Å². The van der Waals surface area contributed by atoms with E-state index in [1.54, 1.807) is 0 Å². The number of rotatable bonds is 5. The van der Waals surface area contributed by atoms with Gasteiger partial charge in [-0.05, 0) is 44.6 Å². The van der Waals surface area contributed by atoms with Gasteiger partial charge in [0.15, 0.2) is 17.5 Å². The first-order valence-corrected chi connectivity index (χ1v) is 9.44. The van der Waals surface area contributed by atoms with Crippen LogP contribution in [0.4, 0.5) is 24.9 Å². The zero-order valence-corrected chi connectivity index (χ0v) is 17.8. The zero-order chi connectivity index (χ0) is 21.3. The third-order valence-electron chi connectivity index (χ3n) is 5.23. The number of hydrogen-bond donors (Lipinski definition) is 2. The second kappa shape index (κ2) is 9.51. The Hall–Kier alpha value is -2.55. The Morgan fingerprint density at radius 2 is 1.73 bits per heavy atom. The smallest absolute Gasteiger partial charge is 0.249 e. The third-order valence-corrected chi connectivity index (χ3v) is 5.23. The van der Waals surface area contributed by atoms with Crippen molar-refractivity contribution in [2.24, 2.45) is 5.73 Å². The van der Waals surface area contributed by atoms with Gasteiger partial charge in [0.05, 0.1) is 0 Å². The Morgan fingerprint density at radius 1 is 1.10 bits per heavy atom. The van der Waals surface area contributed by atoms with Crippen LogP contribution >= 0.6 is 12.4 Å². The number of nitrogens with two attached hydrogens (primary N) is 1. The molecular weight excluding hydrogens is 419 g/mol. The molecule has 0 atom stereocenters. The number of nitrogens with zero attached hydrogens (tertiary/aromatic N) is 3. The van der Waals surface area contributed by atoms with Crippen molar-refractivity contribution in [2.45, 2.75) is 44.6 Å². The molecule has 164 valence electrons. The first-order valence-electron chi connectivity index (χ1n) is 9.44. The van der Waals surface area contributed by atoms with Gasteiger partial charge in [-0.3, -0.25) is 4.79 Å². The highest BCUT2D eigenvalue weighted by molar-refractivity contribution is 5.94. The molecule has 0 unspecified atom stereocenters. The molecule has 30 heavy (non-hydrogen) atoms. The summed E-state index contributed by atoms with van der Waals surface area (Å²) in [5, 5.41) is 3.29. The second-order valence-electron chi connectivity index (χ2n) is 7.59. The first kappa shape index (κ1) is 23.7.